The van der Waals surface area contributed by atoms with Crippen molar-refractivity contribution < 1.29 is 9.53 Å². The van der Waals surface area contributed by atoms with E-state index in [0.29, 0.717) is 5.92 Å². The zero-order chi connectivity index (χ0) is 15.0. The lowest BCUT2D eigenvalue weighted by molar-refractivity contribution is 0.0493. The molecule has 1 aliphatic carbocycles. The van der Waals surface area contributed by atoms with Crippen LogP contribution in [-0.2, 0) is 4.74 Å². The summed E-state index contributed by atoms with van der Waals surface area (Å²) < 4.78 is 5.35. The number of nitrogen functional groups attached to an aromatic ring is 1. The minimum Gasteiger partial charge on any atom is -0.444 e. The van der Waals surface area contributed by atoms with E-state index in [9.17, 15) is 4.79 Å². The second-order valence-electron chi connectivity index (χ2n) is 6.56. The molecular formula is C16H24N2O2. The first-order valence-electron chi connectivity index (χ1n) is 7.12. The Hall–Kier alpha value is -1.71. The minimum absolute atomic E-state index is 0.168. The van der Waals surface area contributed by atoms with Crippen molar-refractivity contribution in [3.8, 4) is 0 Å². The van der Waals surface area contributed by atoms with E-state index < -0.39 is 5.60 Å². The van der Waals surface area contributed by atoms with Crippen molar-refractivity contribution in [2.45, 2.75) is 57.6 Å². The number of hydrogen-bond donors (Lipinski definition) is 2. The highest BCUT2D eigenvalue weighted by Gasteiger charge is 2.54. The number of hydrogen-bond acceptors (Lipinski definition) is 3. The van der Waals surface area contributed by atoms with E-state index in [-0.39, 0.29) is 11.6 Å². The number of nitrogens with two attached hydrogens (primary N) is 1. The lowest BCUT2D eigenvalue weighted by Crippen LogP contribution is -2.41. The average Bonchev–Trinajstić information content (AvgIpc) is 3.02. The Morgan fingerprint density at radius 3 is 2.50 bits per heavy atom. The standard InChI is InChI=1S/C16H24N2O2/c1-5-16(18-14(19)20-15(2,3)4)10-13(16)11-6-8-12(17)9-7-11/h6-9,13H,5,10,17H2,1-4H3,(H,18,19)/t13-,16+/m0/s1. The second-order valence-corrected chi connectivity index (χ2v) is 6.56. The minimum atomic E-state index is -0.468. The topological polar surface area (TPSA) is 64.3 Å². The van der Waals surface area contributed by atoms with Gasteiger partial charge in [0.05, 0.1) is 5.54 Å². The van der Waals surface area contributed by atoms with Crippen molar-refractivity contribution >= 4 is 11.8 Å². The normalized spacial score (nSPS) is 25.1. The number of amides is 1. The van der Waals surface area contributed by atoms with Crippen LogP contribution >= 0.6 is 0 Å². The molecule has 0 unspecified atom stereocenters. The van der Waals surface area contributed by atoms with Crippen LogP contribution in [0.5, 0.6) is 0 Å². The van der Waals surface area contributed by atoms with Crippen molar-refractivity contribution in [1.82, 2.24) is 5.32 Å². The van der Waals surface area contributed by atoms with Gasteiger partial charge in [-0.15, -0.1) is 0 Å². The van der Waals surface area contributed by atoms with Gasteiger partial charge in [0.2, 0.25) is 0 Å². The van der Waals surface area contributed by atoms with Crippen molar-refractivity contribution in [1.29, 1.82) is 0 Å². The van der Waals surface area contributed by atoms with Crippen LogP contribution < -0.4 is 11.1 Å². The van der Waals surface area contributed by atoms with Gasteiger partial charge in [0, 0.05) is 11.6 Å². The van der Waals surface area contributed by atoms with Gasteiger partial charge in [-0.3, -0.25) is 0 Å². The number of carbonyl (C=O) groups excluding carboxylic acids is 1. The first kappa shape index (κ1) is 14.7. The molecule has 1 saturated carbocycles. The summed E-state index contributed by atoms with van der Waals surface area (Å²) in [7, 11) is 0. The molecule has 0 radical (unpaired) electrons. The molecular weight excluding hydrogens is 252 g/mol. The SMILES string of the molecule is CC[C@@]1(NC(=O)OC(C)(C)C)C[C@H]1c1ccc(N)cc1. The van der Waals surface area contributed by atoms with E-state index in [0.717, 1.165) is 18.5 Å². The van der Waals surface area contributed by atoms with Crippen LogP contribution in [0.15, 0.2) is 24.3 Å². The predicted octanol–water partition coefficient (Wildman–Crippen LogP) is 3.43. The highest BCUT2D eigenvalue weighted by atomic mass is 16.6. The third kappa shape index (κ3) is 3.24. The molecule has 4 nitrogen and oxygen atoms in total. The van der Waals surface area contributed by atoms with Crippen LogP contribution in [0.4, 0.5) is 10.5 Å². The number of nitrogens with one attached hydrogen (secondary N) is 1. The molecule has 0 spiro atoms. The molecule has 1 amide bonds. The third-order valence-corrected chi connectivity index (χ3v) is 3.79. The Labute approximate surface area is 120 Å². The highest BCUT2D eigenvalue weighted by Crippen LogP contribution is 2.53. The van der Waals surface area contributed by atoms with Crippen LogP contribution in [0.1, 0.15) is 52.0 Å². The Balaban J connectivity index is 2.03. The van der Waals surface area contributed by atoms with Gasteiger partial charge in [0.15, 0.2) is 0 Å². The lowest BCUT2D eigenvalue weighted by Gasteiger charge is -2.23. The van der Waals surface area contributed by atoms with Crippen molar-refractivity contribution in [3.05, 3.63) is 29.8 Å². The third-order valence-electron chi connectivity index (χ3n) is 3.79. The van der Waals surface area contributed by atoms with Crippen molar-refractivity contribution in [2.24, 2.45) is 0 Å². The quantitative estimate of drug-likeness (QED) is 0.831. The predicted molar refractivity (Wildman–Crippen MR) is 80.6 cm³/mol. The maximum Gasteiger partial charge on any atom is 0.408 e. The summed E-state index contributed by atoms with van der Waals surface area (Å²) >= 11 is 0. The highest BCUT2D eigenvalue weighted by molar-refractivity contribution is 5.70. The van der Waals surface area contributed by atoms with E-state index in [4.69, 9.17) is 10.5 Å². The number of ether oxygens (including phenoxy) is 1. The van der Waals surface area contributed by atoms with E-state index >= 15 is 0 Å². The van der Waals surface area contributed by atoms with E-state index in [1.807, 2.05) is 45.0 Å². The summed E-state index contributed by atoms with van der Waals surface area (Å²) in [6, 6.07) is 7.88. The fourth-order valence-corrected chi connectivity index (χ4v) is 2.59. The number of benzene rings is 1. The molecule has 3 N–H and O–H groups in total. The molecule has 1 aliphatic rings. The molecule has 2 atom stereocenters. The largest absolute Gasteiger partial charge is 0.444 e. The molecule has 1 aromatic rings. The second kappa shape index (κ2) is 5.00. The van der Waals surface area contributed by atoms with Crippen LogP contribution in [0.2, 0.25) is 0 Å². The smallest absolute Gasteiger partial charge is 0.408 e. The first-order chi connectivity index (χ1) is 9.26. The van der Waals surface area contributed by atoms with Gasteiger partial charge in [-0.05, 0) is 51.3 Å². The van der Waals surface area contributed by atoms with E-state index in [1.165, 1.54) is 5.56 Å². The zero-order valence-electron chi connectivity index (χ0n) is 12.7. The number of carbonyl (C=O) groups is 1. The molecule has 0 bridgehead atoms. The average molecular weight is 276 g/mol. The first-order valence-corrected chi connectivity index (χ1v) is 7.12. The lowest BCUT2D eigenvalue weighted by atomic mass is 10.0. The van der Waals surface area contributed by atoms with Crippen LogP contribution in [0, 0.1) is 0 Å². The summed E-state index contributed by atoms with van der Waals surface area (Å²) in [6.45, 7) is 7.70. The molecule has 1 aromatic carbocycles. The zero-order valence-corrected chi connectivity index (χ0v) is 12.7. The van der Waals surface area contributed by atoms with E-state index in [2.05, 4.69) is 12.2 Å². The van der Waals surface area contributed by atoms with Crippen LogP contribution in [0.25, 0.3) is 0 Å². The molecule has 2 rings (SSSR count). The van der Waals surface area contributed by atoms with Crippen molar-refractivity contribution in [3.63, 3.8) is 0 Å². The molecule has 0 aliphatic heterocycles. The van der Waals surface area contributed by atoms with Gasteiger partial charge < -0.3 is 15.8 Å². The Kier molecular flexibility index (Phi) is 3.67. The molecule has 1 fully saturated rings. The fourth-order valence-electron chi connectivity index (χ4n) is 2.59. The molecule has 20 heavy (non-hydrogen) atoms. The molecule has 0 aromatic heterocycles. The summed E-state index contributed by atoms with van der Waals surface area (Å²) in [4.78, 5) is 12.0. The number of rotatable bonds is 3. The summed E-state index contributed by atoms with van der Waals surface area (Å²) in [5.74, 6) is 0.348. The Morgan fingerprint density at radius 2 is 2.00 bits per heavy atom. The summed E-state index contributed by atoms with van der Waals surface area (Å²) in [5.41, 5.74) is 7.05. The van der Waals surface area contributed by atoms with Gasteiger partial charge >= 0.3 is 6.09 Å². The maximum atomic E-state index is 12.0. The van der Waals surface area contributed by atoms with Gasteiger partial charge in [-0.1, -0.05) is 19.1 Å². The van der Waals surface area contributed by atoms with E-state index in [1.54, 1.807) is 0 Å². The fraction of sp³-hybridized carbons (Fsp3) is 0.562. The number of anilines is 1. The Morgan fingerprint density at radius 1 is 1.40 bits per heavy atom. The van der Waals surface area contributed by atoms with Gasteiger partial charge in [-0.25, -0.2) is 4.79 Å². The summed E-state index contributed by atoms with van der Waals surface area (Å²) in [6.07, 6.45) is 1.51. The van der Waals surface area contributed by atoms with Crippen LogP contribution in [0.3, 0.4) is 0 Å². The van der Waals surface area contributed by atoms with Gasteiger partial charge in [0.25, 0.3) is 0 Å². The van der Waals surface area contributed by atoms with Crippen molar-refractivity contribution in [2.75, 3.05) is 5.73 Å². The van der Waals surface area contributed by atoms with Gasteiger partial charge in [-0.2, -0.15) is 0 Å². The summed E-state index contributed by atoms with van der Waals surface area (Å²) in [5, 5.41) is 3.04. The molecule has 4 heteroatoms. The van der Waals surface area contributed by atoms with Crippen LogP contribution in [-0.4, -0.2) is 17.2 Å². The number of alkyl carbamates (subject to hydrolysis) is 1. The maximum absolute atomic E-state index is 12.0. The Bertz CT molecular complexity index is 490. The van der Waals surface area contributed by atoms with Gasteiger partial charge in [0.1, 0.15) is 5.60 Å². The molecule has 0 heterocycles. The molecule has 110 valence electrons. The monoisotopic (exact) mass is 276 g/mol. The molecule has 0 saturated heterocycles.